The highest BCUT2D eigenvalue weighted by Gasteiger charge is 2.19. The molecule has 0 aliphatic carbocycles. The number of hydrogen-bond acceptors (Lipinski definition) is 4. The highest BCUT2D eigenvalue weighted by Crippen LogP contribution is 2.23. The van der Waals surface area contributed by atoms with Crippen molar-refractivity contribution >= 4 is 27.4 Å². The van der Waals surface area contributed by atoms with Crippen molar-refractivity contribution in [3.05, 3.63) is 58.4 Å². The third-order valence-corrected chi connectivity index (χ3v) is 5.00. The fourth-order valence-electron chi connectivity index (χ4n) is 1.83. The van der Waals surface area contributed by atoms with Gasteiger partial charge in [-0.25, -0.2) is 13.2 Å². The van der Waals surface area contributed by atoms with Gasteiger partial charge in [-0.1, -0.05) is 17.7 Å². The van der Waals surface area contributed by atoms with Gasteiger partial charge in [-0.15, -0.1) is 0 Å². The summed E-state index contributed by atoms with van der Waals surface area (Å²) in [7, 11) is -3.68. The van der Waals surface area contributed by atoms with Gasteiger partial charge in [0.25, 0.3) is 0 Å². The summed E-state index contributed by atoms with van der Waals surface area (Å²) in [5.74, 6) is -1.47. The second-order valence-corrected chi connectivity index (χ2v) is 6.90. The van der Waals surface area contributed by atoms with Gasteiger partial charge >= 0.3 is 5.97 Å². The highest BCUT2D eigenvalue weighted by molar-refractivity contribution is 7.90. The lowest BCUT2D eigenvalue weighted by molar-refractivity contribution is 0.0696. The summed E-state index contributed by atoms with van der Waals surface area (Å²) in [4.78, 5) is 14.8. The average Bonchev–Trinajstić information content (AvgIpc) is 2.41. The summed E-state index contributed by atoms with van der Waals surface area (Å²) >= 11 is 5.90. The normalized spacial score (nSPS) is 11.3. The third-order valence-electron chi connectivity index (χ3n) is 3.00. The van der Waals surface area contributed by atoms with Gasteiger partial charge < -0.3 is 5.11 Å². The molecule has 1 heterocycles. The van der Waals surface area contributed by atoms with Crippen LogP contribution in [0, 0.1) is 6.92 Å². The number of nitrogens with zero attached hydrogens (tertiary/aromatic N) is 1. The van der Waals surface area contributed by atoms with Crippen molar-refractivity contribution < 1.29 is 18.3 Å². The lowest BCUT2D eigenvalue weighted by Gasteiger charge is -2.08. The first kappa shape index (κ1) is 15.5. The molecule has 1 aromatic carbocycles. The van der Waals surface area contributed by atoms with E-state index in [0.717, 1.165) is 0 Å². The minimum Gasteiger partial charge on any atom is -0.478 e. The summed E-state index contributed by atoms with van der Waals surface area (Å²) in [6.45, 7) is 1.61. The molecule has 21 heavy (non-hydrogen) atoms. The molecular formula is C14H12ClNO4S. The Bertz CT molecular complexity index is 802. The Hall–Kier alpha value is -1.92. The van der Waals surface area contributed by atoms with E-state index in [1.54, 1.807) is 6.92 Å². The van der Waals surface area contributed by atoms with E-state index in [2.05, 4.69) is 4.98 Å². The Balaban J connectivity index is 2.43. The Morgan fingerprint density at radius 3 is 2.67 bits per heavy atom. The number of hydrogen-bond donors (Lipinski definition) is 1. The topological polar surface area (TPSA) is 84.3 Å². The van der Waals surface area contributed by atoms with Crippen LogP contribution in [0.25, 0.3) is 0 Å². The summed E-state index contributed by atoms with van der Waals surface area (Å²) in [5.41, 5.74) is 0.893. The molecule has 0 aliphatic rings. The molecule has 0 aliphatic heterocycles. The van der Waals surface area contributed by atoms with Gasteiger partial charge in [0.1, 0.15) is 0 Å². The van der Waals surface area contributed by atoms with Crippen molar-refractivity contribution in [3.63, 3.8) is 0 Å². The second kappa shape index (κ2) is 5.83. The fourth-order valence-corrected chi connectivity index (χ4v) is 3.50. The number of aromatic nitrogens is 1. The molecule has 0 radical (unpaired) electrons. The molecule has 0 amide bonds. The number of carboxylic acids is 1. The predicted octanol–water partition coefficient (Wildman–Crippen LogP) is 2.72. The zero-order chi connectivity index (χ0) is 15.6. The van der Waals surface area contributed by atoms with Gasteiger partial charge in [-0.3, -0.25) is 4.98 Å². The van der Waals surface area contributed by atoms with E-state index >= 15 is 0 Å². The molecule has 5 nitrogen and oxygen atoms in total. The first-order valence-corrected chi connectivity index (χ1v) is 7.99. The minimum absolute atomic E-state index is 0.0306. The Morgan fingerprint density at radius 2 is 2.05 bits per heavy atom. The molecule has 2 rings (SSSR count). The van der Waals surface area contributed by atoms with Crippen LogP contribution in [0.15, 0.2) is 41.6 Å². The van der Waals surface area contributed by atoms with Crippen molar-refractivity contribution in [2.75, 3.05) is 0 Å². The summed E-state index contributed by atoms with van der Waals surface area (Å²) in [5, 5.41) is 9.32. The lowest BCUT2D eigenvalue weighted by atomic mass is 10.1. The minimum atomic E-state index is -3.68. The van der Waals surface area contributed by atoms with Crippen molar-refractivity contribution in [1.29, 1.82) is 0 Å². The van der Waals surface area contributed by atoms with E-state index in [1.165, 1.54) is 36.7 Å². The maximum atomic E-state index is 12.4. The van der Waals surface area contributed by atoms with Gasteiger partial charge in [0.15, 0.2) is 9.84 Å². The van der Waals surface area contributed by atoms with Gasteiger partial charge in [0.05, 0.1) is 21.2 Å². The molecule has 0 atom stereocenters. The predicted molar refractivity (Wildman–Crippen MR) is 78.3 cm³/mol. The van der Waals surface area contributed by atoms with Crippen LogP contribution in [0.2, 0.25) is 5.02 Å². The fraction of sp³-hybridized carbons (Fsp3) is 0.143. The third kappa shape index (κ3) is 3.40. The Labute approximate surface area is 127 Å². The van der Waals surface area contributed by atoms with Crippen LogP contribution in [0.3, 0.4) is 0 Å². The Kier molecular flexibility index (Phi) is 4.29. The van der Waals surface area contributed by atoms with Crippen LogP contribution >= 0.6 is 11.6 Å². The van der Waals surface area contributed by atoms with E-state index in [0.29, 0.717) is 11.1 Å². The van der Waals surface area contributed by atoms with Gasteiger partial charge in [-0.05, 0) is 36.2 Å². The number of pyridine rings is 1. The largest absolute Gasteiger partial charge is 0.478 e. The van der Waals surface area contributed by atoms with E-state index in [1.807, 2.05) is 0 Å². The molecule has 110 valence electrons. The molecule has 0 fully saturated rings. The first-order valence-electron chi connectivity index (χ1n) is 5.96. The van der Waals surface area contributed by atoms with Crippen LogP contribution < -0.4 is 0 Å². The number of halogens is 1. The molecule has 0 spiro atoms. The van der Waals surface area contributed by atoms with Gasteiger partial charge in [0, 0.05) is 12.4 Å². The zero-order valence-corrected chi connectivity index (χ0v) is 12.6. The van der Waals surface area contributed by atoms with Crippen LogP contribution in [0.5, 0.6) is 0 Å². The summed E-state index contributed by atoms with van der Waals surface area (Å²) < 4.78 is 24.7. The zero-order valence-electron chi connectivity index (χ0n) is 11.1. The molecule has 2 aromatic rings. The monoisotopic (exact) mass is 325 g/mol. The van der Waals surface area contributed by atoms with E-state index in [-0.39, 0.29) is 21.2 Å². The van der Waals surface area contributed by atoms with Crippen LogP contribution in [-0.4, -0.2) is 24.5 Å². The van der Waals surface area contributed by atoms with Crippen LogP contribution in [-0.2, 0) is 15.6 Å². The molecule has 0 bridgehead atoms. The highest BCUT2D eigenvalue weighted by atomic mass is 35.5. The molecule has 7 heteroatoms. The number of benzene rings is 1. The Morgan fingerprint density at radius 1 is 1.33 bits per heavy atom. The smallest absolute Gasteiger partial charge is 0.335 e. The summed E-state index contributed by atoms with van der Waals surface area (Å²) in [6, 6.07) is 5.56. The van der Waals surface area contributed by atoms with Crippen molar-refractivity contribution in [2.24, 2.45) is 0 Å². The summed E-state index contributed by atoms with van der Waals surface area (Å²) in [6.07, 6.45) is 2.82. The van der Waals surface area contributed by atoms with E-state index < -0.39 is 15.8 Å². The van der Waals surface area contributed by atoms with E-state index in [4.69, 9.17) is 16.7 Å². The SMILES string of the molecule is Cc1ccc(S(=O)(=O)Cc2ccncc2Cl)cc1C(=O)O. The van der Waals surface area contributed by atoms with Crippen molar-refractivity contribution in [3.8, 4) is 0 Å². The van der Waals surface area contributed by atoms with Gasteiger partial charge in [0.2, 0.25) is 0 Å². The number of sulfone groups is 1. The standard InChI is InChI=1S/C14H12ClNO4S/c1-9-2-3-11(6-12(9)14(17)18)21(19,20)8-10-4-5-16-7-13(10)15/h2-7H,8H2,1H3,(H,17,18). The van der Waals surface area contributed by atoms with E-state index in [9.17, 15) is 13.2 Å². The molecule has 0 unspecified atom stereocenters. The number of carboxylic acid groups (broad SMARTS) is 1. The van der Waals surface area contributed by atoms with Crippen LogP contribution in [0.1, 0.15) is 21.5 Å². The number of aryl methyl sites for hydroxylation is 1. The molecule has 1 aromatic heterocycles. The van der Waals surface area contributed by atoms with Crippen LogP contribution in [0.4, 0.5) is 0 Å². The maximum absolute atomic E-state index is 12.4. The van der Waals surface area contributed by atoms with Gasteiger partial charge in [-0.2, -0.15) is 0 Å². The quantitative estimate of drug-likeness (QED) is 0.934. The van der Waals surface area contributed by atoms with Crippen molar-refractivity contribution in [1.82, 2.24) is 4.98 Å². The second-order valence-electron chi connectivity index (χ2n) is 4.51. The maximum Gasteiger partial charge on any atom is 0.335 e. The first-order chi connectivity index (χ1) is 9.81. The molecule has 0 saturated carbocycles. The molecule has 1 N–H and O–H groups in total. The number of carbonyl (C=O) groups is 1. The average molecular weight is 326 g/mol. The molecular weight excluding hydrogens is 314 g/mol. The van der Waals surface area contributed by atoms with Crippen molar-refractivity contribution in [2.45, 2.75) is 17.6 Å². The number of rotatable bonds is 4. The number of aromatic carboxylic acids is 1. The lowest BCUT2D eigenvalue weighted by Crippen LogP contribution is -2.08. The molecule has 0 saturated heterocycles.